The van der Waals surface area contributed by atoms with Gasteiger partial charge in [-0.1, -0.05) is 30.3 Å². The zero-order chi connectivity index (χ0) is 11.0. The van der Waals surface area contributed by atoms with Crippen LogP contribution in [0, 0.1) is 0 Å². The molecular formula is C14H12O2. The maximum absolute atomic E-state index is 9.83. The Hall–Kier alpha value is -1.96. The van der Waals surface area contributed by atoms with Gasteiger partial charge in [-0.3, -0.25) is 0 Å². The molecule has 2 heteroatoms. The number of benzene rings is 2. The molecule has 0 fully saturated rings. The first kappa shape index (κ1) is 9.28. The molecule has 0 spiro atoms. The van der Waals surface area contributed by atoms with E-state index in [0.29, 0.717) is 12.4 Å². The van der Waals surface area contributed by atoms with Crippen LogP contribution in [0.5, 0.6) is 11.5 Å². The van der Waals surface area contributed by atoms with Crippen molar-refractivity contribution in [3.8, 4) is 11.5 Å². The molecule has 16 heavy (non-hydrogen) atoms. The Morgan fingerprint density at radius 3 is 2.62 bits per heavy atom. The smallest absolute Gasteiger partial charge is 0.127 e. The maximum atomic E-state index is 9.83. The molecule has 2 aromatic rings. The normalized spacial score (nSPS) is 13.2. The van der Waals surface area contributed by atoms with Gasteiger partial charge in [0.25, 0.3) is 0 Å². The third-order valence-electron chi connectivity index (χ3n) is 2.98. The highest BCUT2D eigenvalue weighted by atomic mass is 16.5. The zero-order valence-electron chi connectivity index (χ0n) is 8.81. The molecule has 0 saturated carbocycles. The average Bonchev–Trinajstić information content (AvgIpc) is 2.50. The summed E-state index contributed by atoms with van der Waals surface area (Å²) in [5, 5.41) is 9.83. The van der Waals surface area contributed by atoms with Gasteiger partial charge in [0.2, 0.25) is 0 Å². The Balaban J connectivity index is 2.13. The lowest BCUT2D eigenvalue weighted by Gasteiger charge is -2.07. The van der Waals surface area contributed by atoms with Gasteiger partial charge in [-0.15, -0.1) is 0 Å². The van der Waals surface area contributed by atoms with Crippen molar-refractivity contribution in [3.63, 3.8) is 0 Å². The summed E-state index contributed by atoms with van der Waals surface area (Å²) in [6.07, 6.45) is 0.734. The van der Waals surface area contributed by atoms with E-state index in [1.165, 1.54) is 11.1 Å². The third-order valence-corrected chi connectivity index (χ3v) is 2.98. The molecule has 1 aliphatic heterocycles. The molecular weight excluding hydrogens is 200 g/mol. The first-order valence-electron chi connectivity index (χ1n) is 5.35. The van der Waals surface area contributed by atoms with Crippen molar-refractivity contribution in [2.24, 2.45) is 0 Å². The van der Waals surface area contributed by atoms with Crippen molar-refractivity contribution in [2.45, 2.75) is 13.0 Å². The number of hydrogen-bond acceptors (Lipinski definition) is 2. The lowest BCUT2D eigenvalue weighted by atomic mass is 10.0. The lowest BCUT2D eigenvalue weighted by Crippen LogP contribution is -1.94. The van der Waals surface area contributed by atoms with Gasteiger partial charge < -0.3 is 9.84 Å². The Bertz CT molecular complexity index is 532. The van der Waals surface area contributed by atoms with Crippen molar-refractivity contribution in [1.82, 2.24) is 0 Å². The number of phenols is 1. The van der Waals surface area contributed by atoms with Crippen LogP contribution in [0.15, 0.2) is 42.5 Å². The molecule has 0 saturated heterocycles. The summed E-state index contributed by atoms with van der Waals surface area (Å²) < 4.78 is 5.70. The van der Waals surface area contributed by atoms with Gasteiger partial charge in [0.1, 0.15) is 18.1 Å². The van der Waals surface area contributed by atoms with Crippen LogP contribution in [0.25, 0.3) is 0 Å². The van der Waals surface area contributed by atoms with E-state index in [0.717, 1.165) is 17.7 Å². The fourth-order valence-electron chi connectivity index (χ4n) is 2.08. The van der Waals surface area contributed by atoms with Crippen LogP contribution in [0.1, 0.15) is 16.7 Å². The predicted molar refractivity (Wildman–Crippen MR) is 61.7 cm³/mol. The van der Waals surface area contributed by atoms with Gasteiger partial charge >= 0.3 is 0 Å². The second-order valence-corrected chi connectivity index (χ2v) is 3.99. The van der Waals surface area contributed by atoms with Gasteiger partial charge in [-0.25, -0.2) is 0 Å². The van der Waals surface area contributed by atoms with Crippen LogP contribution in [0.3, 0.4) is 0 Å². The summed E-state index contributed by atoms with van der Waals surface area (Å²) in [7, 11) is 0. The standard InChI is InChI=1S/C14H12O2/c15-13-6-3-7-14-12(13)8-10-4-1-2-5-11(10)9-16-14/h1-7,15H,8-9H2. The molecule has 1 heterocycles. The number of fused-ring (bicyclic) bond motifs is 2. The summed E-state index contributed by atoms with van der Waals surface area (Å²) in [5.74, 6) is 1.10. The summed E-state index contributed by atoms with van der Waals surface area (Å²) >= 11 is 0. The highest BCUT2D eigenvalue weighted by molar-refractivity contribution is 5.49. The second-order valence-electron chi connectivity index (χ2n) is 3.99. The summed E-state index contributed by atoms with van der Waals surface area (Å²) in [4.78, 5) is 0. The van der Waals surface area contributed by atoms with Gasteiger partial charge in [0.15, 0.2) is 0 Å². The molecule has 0 unspecified atom stereocenters. The fourth-order valence-corrected chi connectivity index (χ4v) is 2.08. The molecule has 0 bridgehead atoms. The monoisotopic (exact) mass is 212 g/mol. The summed E-state index contributed by atoms with van der Waals surface area (Å²) in [6.45, 7) is 0.576. The fraction of sp³-hybridized carbons (Fsp3) is 0.143. The van der Waals surface area contributed by atoms with E-state index in [1.807, 2.05) is 24.3 Å². The molecule has 0 radical (unpaired) electrons. The molecule has 2 nitrogen and oxygen atoms in total. The molecule has 80 valence electrons. The molecule has 0 aliphatic carbocycles. The van der Waals surface area contributed by atoms with Crippen molar-refractivity contribution in [1.29, 1.82) is 0 Å². The summed E-state index contributed by atoms with van der Waals surface area (Å²) in [6, 6.07) is 13.6. The minimum absolute atomic E-state index is 0.314. The SMILES string of the molecule is Oc1cccc2c1Cc1ccccc1CO2. The quantitative estimate of drug-likeness (QED) is 0.727. The van der Waals surface area contributed by atoms with Gasteiger partial charge in [0, 0.05) is 12.0 Å². The second kappa shape index (κ2) is 3.56. The molecule has 0 atom stereocenters. The van der Waals surface area contributed by atoms with E-state index >= 15 is 0 Å². The highest BCUT2D eigenvalue weighted by Gasteiger charge is 2.16. The molecule has 3 rings (SSSR count). The van der Waals surface area contributed by atoms with Crippen LogP contribution >= 0.6 is 0 Å². The molecule has 0 amide bonds. The first-order valence-corrected chi connectivity index (χ1v) is 5.35. The average molecular weight is 212 g/mol. The van der Waals surface area contributed by atoms with Gasteiger partial charge in [-0.05, 0) is 23.3 Å². The largest absolute Gasteiger partial charge is 0.508 e. The zero-order valence-corrected chi connectivity index (χ0v) is 8.81. The van der Waals surface area contributed by atoms with Crippen molar-refractivity contribution >= 4 is 0 Å². The van der Waals surface area contributed by atoms with E-state index in [1.54, 1.807) is 6.07 Å². The van der Waals surface area contributed by atoms with Crippen LogP contribution in [-0.2, 0) is 13.0 Å². The topological polar surface area (TPSA) is 29.5 Å². The van der Waals surface area contributed by atoms with Gasteiger partial charge in [0.05, 0.1) is 0 Å². The number of rotatable bonds is 0. The first-order chi connectivity index (χ1) is 7.84. The third kappa shape index (κ3) is 1.43. The maximum Gasteiger partial charge on any atom is 0.127 e. The number of ether oxygens (including phenoxy) is 1. The van der Waals surface area contributed by atoms with E-state index in [-0.39, 0.29) is 0 Å². The number of hydrogen-bond donors (Lipinski definition) is 1. The Labute approximate surface area is 94.1 Å². The number of phenolic OH excluding ortho intramolecular Hbond substituents is 1. The Morgan fingerprint density at radius 1 is 0.938 bits per heavy atom. The van der Waals surface area contributed by atoms with Crippen molar-refractivity contribution in [3.05, 3.63) is 59.2 Å². The molecule has 2 aromatic carbocycles. The molecule has 1 aliphatic rings. The predicted octanol–water partition coefficient (Wildman–Crippen LogP) is 2.88. The summed E-state index contributed by atoms with van der Waals surface area (Å²) in [5.41, 5.74) is 3.30. The van der Waals surface area contributed by atoms with Gasteiger partial charge in [-0.2, -0.15) is 0 Å². The van der Waals surface area contributed by atoms with Crippen LogP contribution in [-0.4, -0.2) is 5.11 Å². The molecule has 1 N–H and O–H groups in total. The van der Waals surface area contributed by atoms with E-state index < -0.39 is 0 Å². The van der Waals surface area contributed by atoms with E-state index in [4.69, 9.17) is 4.74 Å². The van der Waals surface area contributed by atoms with Crippen LogP contribution in [0.2, 0.25) is 0 Å². The number of aromatic hydroxyl groups is 1. The minimum atomic E-state index is 0.314. The highest BCUT2D eigenvalue weighted by Crippen LogP contribution is 2.33. The van der Waals surface area contributed by atoms with Crippen molar-refractivity contribution < 1.29 is 9.84 Å². The van der Waals surface area contributed by atoms with E-state index in [9.17, 15) is 5.11 Å². The molecule has 0 aromatic heterocycles. The van der Waals surface area contributed by atoms with Crippen LogP contribution < -0.4 is 4.74 Å². The lowest BCUT2D eigenvalue weighted by molar-refractivity contribution is 0.305. The minimum Gasteiger partial charge on any atom is -0.508 e. The van der Waals surface area contributed by atoms with Crippen molar-refractivity contribution in [2.75, 3.05) is 0 Å². The van der Waals surface area contributed by atoms with Crippen LogP contribution in [0.4, 0.5) is 0 Å². The van der Waals surface area contributed by atoms with E-state index in [2.05, 4.69) is 12.1 Å². The Morgan fingerprint density at radius 2 is 1.75 bits per heavy atom. The Kier molecular flexibility index (Phi) is 2.07.